The molecule has 1 heterocycles. The fourth-order valence-electron chi connectivity index (χ4n) is 2.39. The van der Waals surface area contributed by atoms with Gasteiger partial charge in [-0.25, -0.2) is 9.37 Å². The summed E-state index contributed by atoms with van der Waals surface area (Å²) in [6.07, 6.45) is 6.20. The van der Waals surface area contributed by atoms with Gasteiger partial charge in [-0.05, 0) is 18.9 Å². The Bertz CT molecular complexity index is 383. The smallest absolute Gasteiger partial charge is 0.167 e. The lowest BCUT2D eigenvalue weighted by molar-refractivity contribution is 0.570. The molecule has 0 amide bonds. The van der Waals surface area contributed by atoms with E-state index in [1.807, 2.05) is 0 Å². The van der Waals surface area contributed by atoms with Crippen molar-refractivity contribution < 1.29 is 4.39 Å². The van der Waals surface area contributed by atoms with E-state index >= 15 is 0 Å². The number of hydrogen-bond donors (Lipinski definition) is 0. The molecule has 2 nitrogen and oxygen atoms in total. The highest BCUT2D eigenvalue weighted by Crippen LogP contribution is 2.29. The molecule has 1 aliphatic rings. The minimum atomic E-state index is -0.328. The van der Waals surface area contributed by atoms with Crippen molar-refractivity contribution in [2.24, 2.45) is 0 Å². The summed E-state index contributed by atoms with van der Waals surface area (Å²) in [6.45, 7) is 0.774. The van der Waals surface area contributed by atoms with Crippen molar-refractivity contribution in [2.75, 3.05) is 16.8 Å². The van der Waals surface area contributed by atoms with Crippen LogP contribution in [-0.2, 0) is 0 Å². The van der Waals surface area contributed by atoms with Gasteiger partial charge in [0.2, 0.25) is 0 Å². The molecule has 1 saturated carbocycles. The molecule has 0 aliphatic heterocycles. The van der Waals surface area contributed by atoms with E-state index in [0.29, 0.717) is 16.9 Å². The van der Waals surface area contributed by atoms with Crippen molar-refractivity contribution in [3.63, 3.8) is 0 Å². The number of pyridine rings is 1. The first-order valence-corrected chi connectivity index (χ1v) is 7.36. The SMILES string of the molecule is Fc1cc(Cl)cnc1N(CCBr)C1CCCC1. The van der Waals surface area contributed by atoms with Crippen LogP contribution in [0, 0.1) is 5.82 Å². The van der Waals surface area contributed by atoms with Crippen molar-refractivity contribution in [2.45, 2.75) is 31.7 Å². The molecule has 0 N–H and O–H groups in total. The Morgan fingerprint density at radius 3 is 2.76 bits per heavy atom. The van der Waals surface area contributed by atoms with Gasteiger partial charge in [-0.1, -0.05) is 40.4 Å². The topological polar surface area (TPSA) is 16.1 Å². The van der Waals surface area contributed by atoms with E-state index in [-0.39, 0.29) is 5.82 Å². The molecular formula is C12H15BrClFN2. The van der Waals surface area contributed by atoms with Crippen LogP contribution in [0.2, 0.25) is 5.02 Å². The molecule has 0 bridgehead atoms. The number of aromatic nitrogens is 1. The fraction of sp³-hybridized carbons (Fsp3) is 0.583. The first kappa shape index (κ1) is 13.1. The van der Waals surface area contributed by atoms with Gasteiger partial charge in [0.15, 0.2) is 11.6 Å². The van der Waals surface area contributed by atoms with Crippen LogP contribution >= 0.6 is 27.5 Å². The molecule has 94 valence electrons. The van der Waals surface area contributed by atoms with Crippen molar-refractivity contribution in [1.29, 1.82) is 0 Å². The summed E-state index contributed by atoms with van der Waals surface area (Å²) in [6, 6.07) is 1.75. The molecule has 17 heavy (non-hydrogen) atoms. The summed E-state index contributed by atoms with van der Waals surface area (Å²) in [5, 5.41) is 1.16. The fourth-order valence-corrected chi connectivity index (χ4v) is 2.91. The standard InChI is InChI=1S/C12H15BrClFN2/c13-5-6-17(10-3-1-2-4-10)12-11(15)7-9(14)8-16-12/h7-8,10H,1-6H2. The van der Waals surface area contributed by atoms with E-state index in [9.17, 15) is 4.39 Å². The average molecular weight is 322 g/mol. The third-order valence-corrected chi connectivity index (χ3v) is 3.71. The molecule has 1 aliphatic carbocycles. The zero-order valence-electron chi connectivity index (χ0n) is 9.50. The molecular weight excluding hydrogens is 307 g/mol. The highest BCUT2D eigenvalue weighted by molar-refractivity contribution is 9.09. The molecule has 1 fully saturated rings. The number of nitrogens with zero attached hydrogens (tertiary/aromatic N) is 2. The van der Waals surface area contributed by atoms with Gasteiger partial charge in [-0.15, -0.1) is 0 Å². The average Bonchev–Trinajstić information content (AvgIpc) is 2.80. The minimum absolute atomic E-state index is 0.328. The number of rotatable bonds is 4. The van der Waals surface area contributed by atoms with Gasteiger partial charge >= 0.3 is 0 Å². The van der Waals surface area contributed by atoms with Gasteiger partial charge in [0.25, 0.3) is 0 Å². The monoisotopic (exact) mass is 320 g/mol. The number of hydrogen-bond acceptors (Lipinski definition) is 2. The maximum atomic E-state index is 13.9. The predicted molar refractivity (Wildman–Crippen MR) is 72.6 cm³/mol. The van der Waals surface area contributed by atoms with E-state index in [1.54, 1.807) is 0 Å². The number of halogens is 3. The maximum Gasteiger partial charge on any atom is 0.167 e. The lowest BCUT2D eigenvalue weighted by Gasteiger charge is -2.29. The number of anilines is 1. The molecule has 0 aromatic carbocycles. The molecule has 0 atom stereocenters. The summed E-state index contributed by atoms with van der Waals surface area (Å²) in [4.78, 5) is 6.20. The lowest BCUT2D eigenvalue weighted by Crippen LogP contribution is -2.36. The summed E-state index contributed by atoms with van der Waals surface area (Å²) >= 11 is 9.14. The molecule has 5 heteroatoms. The second kappa shape index (κ2) is 6.01. The van der Waals surface area contributed by atoms with E-state index in [2.05, 4.69) is 25.8 Å². The van der Waals surface area contributed by atoms with Crippen LogP contribution in [0.1, 0.15) is 25.7 Å². The Hall–Kier alpha value is -0.350. The van der Waals surface area contributed by atoms with Crippen LogP contribution < -0.4 is 4.90 Å². The zero-order chi connectivity index (χ0) is 12.3. The molecule has 0 radical (unpaired) electrons. The molecule has 0 spiro atoms. The first-order valence-electron chi connectivity index (χ1n) is 5.86. The van der Waals surface area contributed by atoms with Crippen LogP contribution in [0.3, 0.4) is 0 Å². The van der Waals surface area contributed by atoms with E-state index < -0.39 is 0 Å². The van der Waals surface area contributed by atoms with Crippen LogP contribution in [0.4, 0.5) is 10.2 Å². The van der Waals surface area contributed by atoms with Gasteiger partial charge in [-0.2, -0.15) is 0 Å². The van der Waals surface area contributed by atoms with E-state index in [1.165, 1.54) is 25.1 Å². The third-order valence-electron chi connectivity index (χ3n) is 3.15. The van der Waals surface area contributed by atoms with Crippen LogP contribution in [-0.4, -0.2) is 22.9 Å². The van der Waals surface area contributed by atoms with Crippen LogP contribution in [0.15, 0.2) is 12.3 Å². The Kier molecular flexibility index (Phi) is 4.62. The first-order chi connectivity index (χ1) is 8.22. The molecule has 1 aromatic heterocycles. The van der Waals surface area contributed by atoms with Gasteiger partial charge in [-0.3, -0.25) is 0 Å². The van der Waals surface area contributed by atoms with Crippen molar-refractivity contribution >= 4 is 33.3 Å². The third kappa shape index (κ3) is 3.10. The van der Waals surface area contributed by atoms with Crippen molar-refractivity contribution in [1.82, 2.24) is 4.98 Å². The second-order valence-electron chi connectivity index (χ2n) is 4.28. The Labute approximate surface area is 114 Å². The molecule has 2 rings (SSSR count). The summed E-state index contributed by atoms with van der Waals surface area (Å²) in [5.74, 6) is 0.103. The highest BCUT2D eigenvalue weighted by Gasteiger charge is 2.25. The van der Waals surface area contributed by atoms with Gasteiger partial charge in [0.05, 0.1) is 5.02 Å². The molecule has 1 aromatic rings. The predicted octanol–water partition coefficient (Wildman–Crippen LogP) is 4.02. The maximum absolute atomic E-state index is 13.9. The largest absolute Gasteiger partial charge is 0.350 e. The summed E-state index contributed by atoms with van der Waals surface area (Å²) in [5.41, 5.74) is 0. The van der Waals surface area contributed by atoms with E-state index in [4.69, 9.17) is 11.6 Å². The normalized spacial score (nSPS) is 16.4. The summed E-state index contributed by atoms with van der Waals surface area (Å²) < 4.78 is 13.9. The lowest BCUT2D eigenvalue weighted by atomic mass is 10.2. The highest BCUT2D eigenvalue weighted by atomic mass is 79.9. The molecule has 0 saturated heterocycles. The van der Waals surface area contributed by atoms with Crippen molar-refractivity contribution in [3.8, 4) is 0 Å². The van der Waals surface area contributed by atoms with Gasteiger partial charge in [0.1, 0.15) is 0 Å². The van der Waals surface area contributed by atoms with Gasteiger partial charge < -0.3 is 4.90 Å². The molecule has 0 unspecified atom stereocenters. The van der Waals surface area contributed by atoms with Crippen LogP contribution in [0.5, 0.6) is 0 Å². The Morgan fingerprint density at radius 2 is 2.18 bits per heavy atom. The van der Waals surface area contributed by atoms with Crippen molar-refractivity contribution in [3.05, 3.63) is 23.1 Å². The quantitative estimate of drug-likeness (QED) is 0.779. The summed E-state index contributed by atoms with van der Waals surface area (Å²) in [7, 11) is 0. The van der Waals surface area contributed by atoms with Crippen LogP contribution in [0.25, 0.3) is 0 Å². The van der Waals surface area contributed by atoms with E-state index in [0.717, 1.165) is 24.7 Å². The minimum Gasteiger partial charge on any atom is -0.350 e. The second-order valence-corrected chi connectivity index (χ2v) is 5.51. The Morgan fingerprint density at radius 1 is 1.47 bits per heavy atom. The number of alkyl halides is 1. The zero-order valence-corrected chi connectivity index (χ0v) is 11.8. The van der Waals surface area contributed by atoms with Gasteiger partial charge in [0, 0.05) is 24.1 Å². The Balaban J connectivity index is 2.24.